The van der Waals surface area contributed by atoms with Gasteiger partial charge in [-0.2, -0.15) is 0 Å². The van der Waals surface area contributed by atoms with E-state index in [0.717, 1.165) is 12.6 Å². The predicted octanol–water partition coefficient (Wildman–Crippen LogP) is 2.02. The summed E-state index contributed by atoms with van der Waals surface area (Å²) in [6.07, 6.45) is 5.34. The summed E-state index contributed by atoms with van der Waals surface area (Å²) in [6.45, 7) is 0. The van der Waals surface area contributed by atoms with E-state index >= 15 is 0 Å². The molecule has 3 nitrogen and oxygen atoms in total. The predicted molar refractivity (Wildman–Crippen MR) is 51.8 cm³/mol. The van der Waals surface area contributed by atoms with Gasteiger partial charge in [-0.25, -0.2) is 4.39 Å². The molecule has 0 aliphatic heterocycles. The molecule has 2 rings (SSSR count). The molecule has 1 aromatic rings. The van der Waals surface area contributed by atoms with Gasteiger partial charge in [-0.3, -0.25) is 9.78 Å². The Bertz CT molecular complexity index is 388. The highest BCUT2D eigenvalue weighted by atomic mass is 19.1. The van der Waals surface area contributed by atoms with Crippen LogP contribution in [0.5, 0.6) is 0 Å². The zero-order valence-electron chi connectivity index (χ0n) is 8.24. The summed E-state index contributed by atoms with van der Waals surface area (Å²) in [4.78, 5) is 14.8. The van der Waals surface area contributed by atoms with Crippen molar-refractivity contribution in [2.45, 2.75) is 25.7 Å². The Hall–Kier alpha value is -1.45. The fraction of sp³-hybridized carbons (Fsp3) is 0.455. The average molecular weight is 209 g/mol. The topological polar surface area (TPSA) is 50.2 Å². The Morgan fingerprint density at radius 3 is 2.73 bits per heavy atom. The maximum atomic E-state index is 12.9. The third-order valence-electron chi connectivity index (χ3n) is 3.07. The number of carbonyl (C=O) groups is 1. The van der Waals surface area contributed by atoms with Gasteiger partial charge in [0.1, 0.15) is 5.82 Å². The molecule has 1 aromatic heterocycles. The average Bonchev–Trinajstić information content (AvgIpc) is 2.11. The summed E-state index contributed by atoms with van der Waals surface area (Å²) >= 11 is 0. The molecule has 4 heteroatoms. The van der Waals surface area contributed by atoms with Crippen LogP contribution < -0.4 is 0 Å². The van der Waals surface area contributed by atoms with Gasteiger partial charge in [-0.05, 0) is 30.9 Å². The highest BCUT2D eigenvalue weighted by Gasteiger charge is 2.44. The lowest BCUT2D eigenvalue weighted by atomic mass is 9.65. The molecule has 1 heterocycles. The quantitative estimate of drug-likeness (QED) is 0.828. The van der Waals surface area contributed by atoms with Gasteiger partial charge in [0.2, 0.25) is 0 Å². The Kier molecular flexibility index (Phi) is 2.42. The van der Waals surface area contributed by atoms with Gasteiger partial charge in [0.15, 0.2) is 0 Å². The van der Waals surface area contributed by atoms with Crippen LogP contribution in [0.15, 0.2) is 18.5 Å². The van der Waals surface area contributed by atoms with Crippen LogP contribution in [0.3, 0.4) is 0 Å². The van der Waals surface area contributed by atoms with Crippen molar-refractivity contribution in [3.8, 4) is 0 Å². The molecule has 15 heavy (non-hydrogen) atoms. The first kappa shape index (κ1) is 10.1. The van der Waals surface area contributed by atoms with Crippen LogP contribution in [0, 0.1) is 11.2 Å². The van der Waals surface area contributed by atoms with E-state index in [1.807, 2.05) is 0 Å². The zero-order chi connectivity index (χ0) is 10.9. The van der Waals surface area contributed by atoms with E-state index in [4.69, 9.17) is 5.11 Å². The Balaban J connectivity index is 2.17. The van der Waals surface area contributed by atoms with E-state index in [-0.39, 0.29) is 0 Å². The van der Waals surface area contributed by atoms with Crippen molar-refractivity contribution in [3.05, 3.63) is 29.8 Å². The zero-order valence-corrected chi connectivity index (χ0v) is 8.24. The van der Waals surface area contributed by atoms with Crippen molar-refractivity contribution in [1.29, 1.82) is 0 Å². The maximum Gasteiger partial charge on any atom is 0.309 e. The lowest BCUT2D eigenvalue weighted by molar-refractivity contribution is -0.154. The highest BCUT2D eigenvalue weighted by Crippen LogP contribution is 2.43. The number of hydrogen-bond donors (Lipinski definition) is 1. The van der Waals surface area contributed by atoms with Crippen molar-refractivity contribution in [1.82, 2.24) is 4.98 Å². The number of aliphatic carboxylic acids is 1. The number of carboxylic acids is 1. The SMILES string of the molecule is O=C(O)C1(Cc2cncc(F)c2)CCC1. The van der Waals surface area contributed by atoms with Crippen LogP contribution in [0.2, 0.25) is 0 Å². The summed E-state index contributed by atoms with van der Waals surface area (Å²) in [5.74, 6) is -1.19. The third kappa shape index (κ3) is 1.84. The molecule has 1 fully saturated rings. The number of nitrogens with zero attached hydrogens (tertiary/aromatic N) is 1. The largest absolute Gasteiger partial charge is 0.481 e. The smallest absolute Gasteiger partial charge is 0.309 e. The molecule has 0 radical (unpaired) electrons. The van der Waals surface area contributed by atoms with Gasteiger partial charge in [0.05, 0.1) is 11.6 Å². The molecule has 0 atom stereocenters. The molecular weight excluding hydrogens is 197 g/mol. The van der Waals surface area contributed by atoms with Gasteiger partial charge in [-0.15, -0.1) is 0 Å². The molecule has 1 aliphatic carbocycles. The monoisotopic (exact) mass is 209 g/mol. The lowest BCUT2D eigenvalue weighted by Gasteiger charge is -2.37. The summed E-state index contributed by atoms with van der Waals surface area (Å²) in [6, 6.07) is 1.36. The molecule has 0 amide bonds. The number of hydrogen-bond acceptors (Lipinski definition) is 2. The van der Waals surface area contributed by atoms with Gasteiger partial charge in [-0.1, -0.05) is 6.42 Å². The Morgan fingerprint density at radius 1 is 1.53 bits per heavy atom. The van der Waals surface area contributed by atoms with E-state index in [2.05, 4.69) is 4.98 Å². The fourth-order valence-electron chi connectivity index (χ4n) is 2.01. The number of rotatable bonds is 3. The van der Waals surface area contributed by atoms with Crippen molar-refractivity contribution in [3.63, 3.8) is 0 Å². The maximum absolute atomic E-state index is 12.9. The van der Waals surface area contributed by atoms with Crippen LogP contribution in [0.1, 0.15) is 24.8 Å². The van der Waals surface area contributed by atoms with Gasteiger partial charge in [0.25, 0.3) is 0 Å². The van der Waals surface area contributed by atoms with Crippen LogP contribution in [-0.2, 0) is 11.2 Å². The van der Waals surface area contributed by atoms with Crippen molar-refractivity contribution >= 4 is 5.97 Å². The van der Waals surface area contributed by atoms with E-state index < -0.39 is 17.2 Å². The molecule has 80 valence electrons. The third-order valence-corrected chi connectivity index (χ3v) is 3.07. The molecule has 0 aromatic carbocycles. The molecule has 1 aliphatic rings. The second-order valence-corrected chi connectivity index (χ2v) is 4.13. The molecule has 0 saturated heterocycles. The van der Waals surface area contributed by atoms with E-state index in [9.17, 15) is 9.18 Å². The first-order chi connectivity index (χ1) is 7.12. The minimum Gasteiger partial charge on any atom is -0.481 e. The van der Waals surface area contributed by atoms with E-state index in [1.54, 1.807) is 0 Å². The lowest BCUT2D eigenvalue weighted by Crippen LogP contribution is -2.39. The first-order valence-corrected chi connectivity index (χ1v) is 4.95. The summed E-state index contributed by atoms with van der Waals surface area (Å²) in [5, 5.41) is 9.10. The Morgan fingerprint density at radius 2 is 2.27 bits per heavy atom. The fourth-order valence-corrected chi connectivity index (χ4v) is 2.01. The van der Waals surface area contributed by atoms with Crippen molar-refractivity contribution in [2.24, 2.45) is 5.41 Å². The second-order valence-electron chi connectivity index (χ2n) is 4.13. The molecule has 0 unspecified atom stereocenters. The van der Waals surface area contributed by atoms with Gasteiger partial charge >= 0.3 is 5.97 Å². The summed E-state index contributed by atoms with van der Waals surface area (Å²) < 4.78 is 12.9. The molecule has 1 saturated carbocycles. The number of halogens is 1. The van der Waals surface area contributed by atoms with Crippen LogP contribution in [-0.4, -0.2) is 16.1 Å². The second kappa shape index (κ2) is 3.61. The van der Waals surface area contributed by atoms with E-state index in [0.29, 0.717) is 24.8 Å². The van der Waals surface area contributed by atoms with E-state index in [1.165, 1.54) is 12.3 Å². The van der Waals surface area contributed by atoms with Crippen LogP contribution >= 0.6 is 0 Å². The molecule has 0 bridgehead atoms. The number of pyridine rings is 1. The number of aromatic nitrogens is 1. The standard InChI is InChI=1S/C11H12FNO2/c12-9-4-8(6-13-7-9)5-11(10(14)15)2-1-3-11/h4,6-7H,1-3,5H2,(H,14,15). The Labute approximate surface area is 87.0 Å². The van der Waals surface area contributed by atoms with Crippen molar-refractivity contribution in [2.75, 3.05) is 0 Å². The first-order valence-electron chi connectivity index (χ1n) is 4.95. The van der Waals surface area contributed by atoms with Gasteiger partial charge in [0, 0.05) is 6.20 Å². The summed E-state index contributed by atoms with van der Waals surface area (Å²) in [5.41, 5.74) is -0.00718. The summed E-state index contributed by atoms with van der Waals surface area (Å²) in [7, 11) is 0. The molecule has 1 N–H and O–H groups in total. The molecular formula is C11H12FNO2. The number of carboxylic acid groups (broad SMARTS) is 1. The normalized spacial score (nSPS) is 18.2. The van der Waals surface area contributed by atoms with Crippen molar-refractivity contribution < 1.29 is 14.3 Å². The minimum atomic E-state index is -0.780. The highest BCUT2D eigenvalue weighted by molar-refractivity contribution is 5.76. The van der Waals surface area contributed by atoms with Crippen LogP contribution in [0.25, 0.3) is 0 Å². The van der Waals surface area contributed by atoms with Crippen LogP contribution in [0.4, 0.5) is 4.39 Å². The molecule has 0 spiro atoms. The minimum absolute atomic E-state index is 0.382. The van der Waals surface area contributed by atoms with Gasteiger partial charge < -0.3 is 5.11 Å².